The van der Waals surface area contributed by atoms with E-state index in [0.717, 1.165) is 15.9 Å². The van der Waals surface area contributed by atoms with Crippen molar-refractivity contribution in [3.63, 3.8) is 0 Å². The first-order chi connectivity index (χ1) is 10.2. The number of nitrogens with one attached hydrogen (secondary N) is 1. The smallest absolute Gasteiger partial charge is 0.287 e. The van der Waals surface area contributed by atoms with E-state index in [0.29, 0.717) is 5.69 Å². The van der Waals surface area contributed by atoms with Gasteiger partial charge >= 0.3 is 0 Å². The Morgan fingerprint density at radius 1 is 1.24 bits per heavy atom. The predicted octanol–water partition coefficient (Wildman–Crippen LogP) is 3.82. The Hall–Kier alpha value is -2.98. The zero-order valence-electron chi connectivity index (χ0n) is 10.6. The van der Waals surface area contributed by atoms with E-state index in [-0.39, 0.29) is 11.3 Å². The van der Waals surface area contributed by atoms with Crippen LogP contribution in [0.15, 0.2) is 41.9 Å². The number of aromatic nitrogens is 1. The van der Waals surface area contributed by atoms with Gasteiger partial charge in [-0.1, -0.05) is 0 Å². The molecule has 0 spiro atoms. The van der Waals surface area contributed by atoms with Gasteiger partial charge in [0, 0.05) is 17.4 Å². The van der Waals surface area contributed by atoms with E-state index >= 15 is 0 Å². The van der Waals surface area contributed by atoms with Gasteiger partial charge in [0.25, 0.3) is 5.69 Å². The Balaban J connectivity index is 1.94. The first-order valence-corrected chi connectivity index (χ1v) is 6.84. The minimum atomic E-state index is -0.564. The summed E-state index contributed by atoms with van der Waals surface area (Å²) in [6, 6.07) is 11.9. The van der Waals surface area contributed by atoms with Crippen LogP contribution in [0.5, 0.6) is 0 Å². The van der Waals surface area contributed by atoms with Gasteiger partial charge in [0.1, 0.15) is 11.6 Å². The van der Waals surface area contributed by atoms with Gasteiger partial charge in [-0.25, -0.2) is 4.98 Å². The molecular weight excluding hydrogens is 288 g/mol. The Morgan fingerprint density at radius 2 is 2.00 bits per heavy atom. The van der Waals surface area contributed by atoms with Gasteiger partial charge in [0.15, 0.2) is 0 Å². The van der Waals surface area contributed by atoms with Gasteiger partial charge < -0.3 is 5.32 Å². The number of benzene rings is 2. The predicted molar refractivity (Wildman–Crippen MR) is 80.7 cm³/mol. The monoisotopic (exact) mass is 296 g/mol. The van der Waals surface area contributed by atoms with E-state index in [9.17, 15) is 10.1 Å². The summed E-state index contributed by atoms with van der Waals surface area (Å²) in [5, 5.41) is 22.9. The largest absolute Gasteiger partial charge is 0.355 e. The molecule has 6 nitrogen and oxygen atoms in total. The van der Waals surface area contributed by atoms with Gasteiger partial charge in [-0.05, 0) is 30.3 Å². The third-order valence-electron chi connectivity index (χ3n) is 2.93. The third-order valence-corrected chi connectivity index (χ3v) is 3.73. The molecule has 0 unspecified atom stereocenters. The molecule has 0 aliphatic carbocycles. The maximum atomic E-state index is 10.8. The molecule has 0 saturated carbocycles. The highest BCUT2D eigenvalue weighted by molar-refractivity contribution is 7.16. The molecule has 1 aromatic heterocycles. The molecule has 1 heterocycles. The summed E-state index contributed by atoms with van der Waals surface area (Å²) < 4.78 is 1.04. The van der Waals surface area contributed by atoms with E-state index in [1.165, 1.54) is 23.5 Å². The third kappa shape index (κ3) is 2.52. The molecule has 0 aliphatic heterocycles. The van der Waals surface area contributed by atoms with E-state index in [2.05, 4.69) is 10.3 Å². The first kappa shape index (κ1) is 13.0. The van der Waals surface area contributed by atoms with Crippen molar-refractivity contribution < 1.29 is 4.92 Å². The minimum absolute atomic E-state index is 0.0314. The van der Waals surface area contributed by atoms with Gasteiger partial charge in [-0.15, -0.1) is 11.3 Å². The molecule has 0 saturated heterocycles. The second-order valence-corrected chi connectivity index (χ2v) is 5.15. The zero-order chi connectivity index (χ0) is 14.8. The fourth-order valence-electron chi connectivity index (χ4n) is 1.96. The lowest BCUT2D eigenvalue weighted by Crippen LogP contribution is -1.95. The SMILES string of the molecule is N#Cc1cc(Nc2ccc3ncsc3c2)ccc1[N+](=O)[O-]. The van der Waals surface area contributed by atoms with Crippen LogP contribution in [0, 0.1) is 21.4 Å². The van der Waals surface area contributed by atoms with Crippen LogP contribution in [0.2, 0.25) is 0 Å². The lowest BCUT2D eigenvalue weighted by Gasteiger charge is -2.06. The number of thiazole rings is 1. The van der Waals surface area contributed by atoms with Crippen molar-refractivity contribution in [3.05, 3.63) is 57.6 Å². The Labute approximate surface area is 123 Å². The van der Waals surface area contributed by atoms with Crippen LogP contribution < -0.4 is 5.32 Å². The highest BCUT2D eigenvalue weighted by Crippen LogP contribution is 2.27. The zero-order valence-corrected chi connectivity index (χ0v) is 11.4. The number of anilines is 2. The summed E-state index contributed by atoms with van der Waals surface area (Å²) in [6.07, 6.45) is 0. The van der Waals surface area contributed by atoms with Crippen molar-refractivity contribution >= 4 is 38.6 Å². The summed E-state index contributed by atoms with van der Waals surface area (Å²) in [7, 11) is 0. The molecule has 102 valence electrons. The molecular formula is C14H8N4O2S. The molecule has 3 rings (SSSR count). The molecule has 0 fully saturated rings. The number of fused-ring (bicyclic) bond motifs is 1. The number of nitro groups is 1. The lowest BCUT2D eigenvalue weighted by molar-refractivity contribution is -0.385. The fraction of sp³-hybridized carbons (Fsp3) is 0. The van der Waals surface area contributed by atoms with Crippen LogP contribution in [-0.4, -0.2) is 9.91 Å². The molecule has 1 N–H and O–H groups in total. The van der Waals surface area contributed by atoms with Crippen LogP contribution >= 0.6 is 11.3 Å². The Bertz CT molecular complexity index is 882. The Kier molecular flexibility index (Phi) is 3.22. The van der Waals surface area contributed by atoms with Gasteiger partial charge in [-0.3, -0.25) is 10.1 Å². The number of nitrogens with zero attached hydrogens (tertiary/aromatic N) is 3. The van der Waals surface area contributed by atoms with E-state index in [1.54, 1.807) is 11.6 Å². The molecule has 0 amide bonds. The number of nitro benzene ring substituents is 1. The number of hydrogen-bond acceptors (Lipinski definition) is 6. The molecule has 7 heteroatoms. The maximum absolute atomic E-state index is 10.8. The highest BCUT2D eigenvalue weighted by Gasteiger charge is 2.13. The summed E-state index contributed by atoms with van der Waals surface area (Å²) in [5.41, 5.74) is 4.00. The minimum Gasteiger partial charge on any atom is -0.355 e. The van der Waals surface area contributed by atoms with Crippen molar-refractivity contribution in [2.45, 2.75) is 0 Å². The van der Waals surface area contributed by atoms with E-state index in [4.69, 9.17) is 5.26 Å². The average Bonchev–Trinajstić information content (AvgIpc) is 2.94. The summed E-state index contributed by atoms with van der Waals surface area (Å²) in [6.45, 7) is 0. The normalized spacial score (nSPS) is 10.2. The highest BCUT2D eigenvalue weighted by atomic mass is 32.1. The molecule has 21 heavy (non-hydrogen) atoms. The molecule has 0 aliphatic rings. The number of hydrogen-bond donors (Lipinski definition) is 1. The summed E-state index contributed by atoms with van der Waals surface area (Å²) in [5.74, 6) is 0. The van der Waals surface area contributed by atoms with Crippen LogP contribution in [0.4, 0.5) is 17.1 Å². The van der Waals surface area contributed by atoms with Crippen LogP contribution in [0.3, 0.4) is 0 Å². The second-order valence-electron chi connectivity index (χ2n) is 4.26. The van der Waals surface area contributed by atoms with Crippen LogP contribution in [0.25, 0.3) is 10.2 Å². The average molecular weight is 296 g/mol. The van der Waals surface area contributed by atoms with Crippen molar-refractivity contribution in [2.24, 2.45) is 0 Å². The fourth-order valence-corrected chi connectivity index (χ4v) is 2.68. The molecule has 0 bridgehead atoms. The first-order valence-electron chi connectivity index (χ1n) is 5.96. The van der Waals surface area contributed by atoms with Crippen molar-refractivity contribution in [1.82, 2.24) is 4.98 Å². The van der Waals surface area contributed by atoms with E-state index in [1.807, 2.05) is 24.3 Å². The summed E-state index contributed by atoms with van der Waals surface area (Å²) in [4.78, 5) is 14.4. The van der Waals surface area contributed by atoms with Crippen LogP contribution in [-0.2, 0) is 0 Å². The quantitative estimate of drug-likeness (QED) is 0.586. The molecule has 0 radical (unpaired) electrons. The standard InChI is InChI=1S/C14H8N4O2S/c15-7-9-5-10(2-4-13(9)18(19)20)17-11-1-3-12-14(6-11)21-8-16-12/h1-6,8,17H. The van der Waals surface area contributed by atoms with Gasteiger partial charge in [0.05, 0.1) is 20.7 Å². The number of rotatable bonds is 3. The second kappa shape index (κ2) is 5.19. The van der Waals surface area contributed by atoms with E-state index < -0.39 is 4.92 Å². The Morgan fingerprint density at radius 3 is 2.76 bits per heavy atom. The topological polar surface area (TPSA) is 91.8 Å². The van der Waals surface area contributed by atoms with Crippen molar-refractivity contribution in [1.29, 1.82) is 5.26 Å². The summed E-state index contributed by atoms with van der Waals surface area (Å²) >= 11 is 1.53. The van der Waals surface area contributed by atoms with Gasteiger partial charge in [-0.2, -0.15) is 5.26 Å². The molecule has 3 aromatic rings. The lowest BCUT2D eigenvalue weighted by atomic mass is 10.1. The number of nitriles is 1. The molecule has 2 aromatic carbocycles. The maximum Gasteiger partial charge on any atom is 0.287 e. The van der Waals surface area contributed by atoms with Crippen molar-refractivity contribution in [3.8, 4) is 6.07 Å². The van der Waals surface area contributed by atoms with Crippen LogP contribution in [0.1, 0.15) is 5.56 Å². The van der Waals surface area contributed by atoms with Gasteiger partial charge in [0.2, 0.25) is 0 Å². The molecule has 0 atom stereocenters. The van der Waals surface area contributed by atoms with Crippen molar-refractivity contribution in [2.75, 3.05) is 5.32 Å².